The maximum atomic E-state index is 13.8. The Balaban J connectivity index is 1.73. The Morgan fingerprint density at radius 1 is 1.29 bits per heavy atom. The van der Waals surface area contributed by atoms with Crippen LogP contribution >= 0.6 is 0 Å². The second-order valence-electron chi connectivity index (χ2n) is 5.88. The maximum Gasteiger partial charge on any atom is 0.132 e. The van der Waals surface area contributed by atoms with E-state index in [0.29, 0.717) is 5.39 Å². The molecule has 1 aliphatic rings. The summed E-state index contributed by atoms with van der Waals surface area (Å²) in [6.07, 6.45) is 4.20. The average molecular weight is 287 g/mol. The molecule has 4 heteroatoms. The van der Waals surface area contributed by atoms with Gasteiger partial charge in [-0.25, -0.2) is 4.39 Å². The van der Waals surface area contributed by atoms with Gasteiger partial charge in [0.1, 0.15) is 5.82 Å². The molecule has 1 aliphatic heterocycles. The van der Waals surface area contributed by atoms with Crippen molar-refractivity contribution < 1.29 is 4.39 Å². The Morgan fingerprint density at radius 3 is 2.86 bits per heavy atom. The zero-order valence-corrected chi connectivity index (χ0v) is 12.5. The van der Waals surface area contributed by atoms with E-state index in [1.807, 2.05) is 13.1 Å². The molecule has 1 aromatic carbocycles. The molecule has 2 heterocycles. The molecule has 21 heavy (non-hydrogen) atoms. The largest absolute Gasteiger partial charge is 0.319 e. The first-order chi connectivity index (χ1) is 10.3. The van der Waals surface area contributed by atoms with Crippen LogP contribution < -0.4 is 5.32 Å². The van der Waals surface area contributed by atoms with E-state index >= 15 is 0 Å². The van der Waals surface area contributed by atoms with Crippen LogP contribution in [0.1, 0.15) is 18.4 Å². The van der Waals surface area contributed by atoms with Gasteiger partial charge in [-0.3, -0.25) is 9.88 Å². The number of hydrogen-bond donors (Lipinski definition) is 1. The topological polar surface area (TPSA) is 28.2 Å². The van der Waals surface area contributed by atoms with Gasteiger partial charge in [0.2, 0.25) is 0 Å². The highest BCUT2D eigenvalue weighted by molar-refractivity contribution is 5.82. The summed E-state index contributed by atoms with van der Waals surface area (Å²) in [5, 5.41) is 3.89. The number of nitrogens with one attached hydrogen (secondary N) is 1. The van der Waals surface area contributed by atoms with Gasteiger partial charge in [0.05, 0.1) is 5.52 Å². The Labute approximate surface area is 125 Å². The van der Waals surface area contributed by atoms with Gasteiger partial charge in [-0.2, -0.15) is 0 Å². The normalized spacial score (nSPS) is 17.4. The lowest BCUT2D eigenvalue weighted by Gasteiger charge is -2.32. The van der Waals surface area contributed by atoms with Crippen LogP contribution in [0.4, 0.5) is 4.39 Å². The lowest BCUT2D eigenvalue weighted by Crippen LogP contribution is -2.36. The Morgan fingerprint density at radius 2 is 2.10 bits per heavy atom. The standard InChI is InChI=1S/C17H22FN3/c1-19-11-13-6-9-21(10-7-13)12-14-4-5-16(18)15-3-2-8-20-17(14)15/h2-5,8,13,19H,6-7,9-12H2,1H3. The number of halogens is 1. The molecular formula is C17H22FN3. The molecule has 1 aromatic heterocycles. The fourth-order valence-electron chi connectivity index (χ4n) is 3.20. The third kappa shape index (κ3) is 3.22. The quantitative estimate of drug-likeness (QED) is 0.937. The summed E-state index contributed by atoms with van der Waals surface area (Å²) in [7, 11) is 2.02. The van der Waals surface area contributed by atoms with E-state index in [2.05, 4.69) is 15.2 Å². The Kier molecular flexibility index (Phi) is 4.46. The minimum absolute atomic E-state index is 0.186. The van der Waals surface area contributed by atoms with Gasteiger partial charge in [0, 0.05) is 18.1 Å². The van der Waals surface area contributed by atoms with Crippen LogP contribution in [0.25, 0.3) is 10.9 Å². The summed E-state index contributed by atoms with van der Waals surface area (Å²) < 4.78 is 13.8. The molecule has 0 radical (unpaired) electrons. The molecule has 0 saturated carbocycles. The number of nitrogens with zero attached hydrogens (tertiary/aromatic N) is 2. The SMILES string of the molecule is CNCC1CCN(Cc2ccc(F)c3cccnc23)CC1. The van der Waals surface area contributed by atoms with Crippen LogP contribution in [0.3, 0.4) is 0 Å². The van der Waals surface area contributed by atoms with Crippen molar-refractivity contribution >= 4 is 10.9 Å². The number of fused-ring (bicyclic) bond motifs is 1. The van der Waals surface area contributed by atoms with Gasteiger partial charge in [0.25, 0.3) is 0 Å². The van der Waals surface area contributed by atoms with E-state index in [0.717, 1.165) is 43.2 Å². The van der Waals surface area contributed by atoms with E-state index in [-0.39, 0.29) is 5.82 Å². The molecular weight excluding hydrogens is 265 g/mol. The van der Waals surface area contributed by atoms with Gasteiger partial charge < -0.3 is 5.32 Å². The van der Waals surface area contributed by atoms with Crippen LogP contribution in [-0.2, 0) is 6.54 Å². The van der Waals surface area contributed by atoms with Crippen molar-refractivity contribution in [3.63, 3.8) is 0 Å². The summed E-state index contributed by atoms with van der Waals surface area (Å²) in [5.41, 5.74) is 1.92. The molecule has 3 rings (SSSR count). The number of hydrogen-bond acceptors (Lipinski definition) is 3. The highest BCUT2D eigenvalue weighted by Crippen LogP contribution is 2.23. The van der Waals surface area contributed by atoms with E-state index in [9.17, 15) is 4.39 Å². The minimum Gasteiger partial charge on any atom is -0.319 e. The van der Waals surface area contributed by atoms with Gasteiger partial charge in [-0.1, -0.05) is 6.07 Å². The highest BCUT2D eigenvalue weighted by Gasteiger charge is 2.19. The van der Waals surface area contributed by atoms with Crippen molar-refractivity contribution in [2.45, 2.75) is 19.4 Å². The highest BCUT2D eigenvalue weighted by atomic mass is 19.1. The molecule has 1 N–H and O–H groups in total. The molecule has 0 amide bonds. The van der Waals surface area contributed by atoms with Gasteiger partial charge >= 0.3 is 0 Å². The third-order valence-electron chi connectivity index (χ3n) is 4.39. The van der Waals surface area contributed by atoms with E-state index in [1.54, 1.807) is 24.4 Å². The molecule has 1 saturated heterocycles. The van der Waals surface area contributed by atoms with E-state index in [1.165, 1.54) is 12.8 Å². The zero-order chi connectivity index (χ0) is 14.7. The first-order valence-electron chi connectivity index (χ1n) is 7.67. The first kappa shape index (κ1) is 14.4. The molecule has 3 nitrogen and oxygen atoms in total. The van der Waals surface area contributed by atoms with Crippen LogP contribution in [0.2, 0.25) is 0 Å². The van der Waals surface area contributed by atoms with Crippen LogP contribution in [0.15, 0.2) is 30.5 Å². The zero-order valence-electron chi connectivity index (χ0n) is 12.5. The monoisotopic (exact) mass is 287 g/mol. The van der Waals surface area contributed by atoms with Crippen LogP contribution in [-0.4, -0.2) is 36.6 Å². The van der Waals surface area contributed by atoms with E-state index in [4.69, 9.17) is 0 Å². The molecule has 0 unspecified atom stereocenters. The second-order valence-corrected chi connectivity index (χ2v) is 5.88. The summed E-state index contributed by atoms with van der Waals surface area (Å²) in [6, 6.07) is 7.04. The second kappa shape index (κ2) is 6.50. The first-order valence-corrected chi connectivity index (χ1v) is 7.67. The van der Waals surface area contributed by atoms with Crippen molar-refractivity contribution in [2.24, 2.45) is 5.92 Å². The fourth-order valence-corrected chi connectivity index (χ4v) is 3.20. The number of likely N-dealkylation sites (tertiary alicyclic amines) is 1. The fraction of sp³-hybridized carbons (Fsp3) is 0.471. The lowest BCUT2D eigenvalue weighted by atomic mass is 9.96. The molecule has 112 valence electrons. The van der Waals surface area contributed by atoms with Crippen molar-refractivity contribution in [2.75, 3.05) is 26.7 Å². The van der Waals surface area contributed by atoms with Gasteiger partial charge in [-0.05, 0) is 69.2 Å². The average Bonchev–Trinajstić information content (AvgIpc) is 2.52. The molecule has 0 bridgehead atoms. The lowest BCUT2D eigenvalue weighted by molar-refractivity contribution is 0.177. The minimum atomic E-state index is -0.186. The van der Waals surface area contributed by atoms with E-state index < -0.39 is 0 Å². The molecule has 1 fully saturated rings. The summed E-state index contributed by atoms with van der Waals surface area (Å²) in [4.78, 5) is 6.83. The summed E-state index contributed by atoms with van der Waals surface area (Å²) >= 11 is 0. The predicted octanol–water partition coefficient (Wildman–Crippen LogP) is 2.81. The van der Waals surface area contributed by atoms with Gasteiger partial charge in [-0.15, -0.1) is 0 Å². The number of piperidine rings is 1. The smallest absolute Gasteiger partial charge is 0.132 e. The van der Waals surface area contributed by atoms with Gasteiger partial charge in [0.15, 0.2) is 0 Å². The van der Waals surface area contributed by atoms with Crippen LogP contribution in [0.5, 0.6) is 0 Å². The predicted molar refractivity (Wildman–Crippen MR) is 83.6 cm³/mol. The summed E-state index contributed by atoms with van der Waals surface area (Å²) in [6.45, 7) is 4.19. The molecule has 0 atom stereocenters. The van der Waals surface area contributed by atoms with Crippen molar-refractivity contribution in [1.29, 1.82) is 0 Å². The molecule has 0 aliphatic carbocycles. The van der Waals surface area contributed by atoms with Crippen molar-refractivity contribution in [3.8, 4) is 0 Å². The number of benzene rings is 1. The number of pyridine rings is 1. The molecule has 2 aromatic rings. The number of aromatic nitrogens is 1. The van der Waals surface area contributed by atoms with Crippen LogP contribution in [0, 0.1) is 11.7 Å². The van der Waals surface area contributed by atoms with Crippen molar-refractivity contribution in [3.05, 3.63) is 41.8 Å². The Hall–Kier alpha value is -1.52. The number of rotatable bonds is 4. The van der Waals surface area contributed by atoms with Crippen molar-refractivity contribution in [1.82, 2.24) is 15.2 Å². The molecule has 0 spiro atoms. The maximum absolute atomic E-state index is 13.8. The third-order valence-corrected chi connectivity index (χ3v) is 4.39. The Bertz CT molecular complexity index is 606. The summed E-state index contributed by atoms with van der Waals surface area (Å²) in [5.74, 6) is 0.601.